The van der Waals surface area contributed by atoms with E-state index in [1.807, 2.05) is 0 Å². The Labute approximate surface area is 107 Å². The Morgan fingerprint density at radius 1 is 1.42 bits per heavy atom. The van der Waals surface area contributed by atoms with Gasteiger partial charge in [0.1, 0.15) is 0 Å². The van der Waals surface area contributed by atoms with Crippen molar-refractivity contribution in [2.75, 3.05) is 6.61 Å². The van der Waals surface area contributed by atoms with Gasteiger partial charge in [0.2, 0.25) is 5.69 Å². The predicted octanol–water partition coefficient (Wildman–Crippen LogP) is 2.59. The first-order valence-corrected chi connectivity index (χ1v) is 6.14. The fourth-order valence-electron chi connectivity index (χ4n) is 2.30. The van der Waals surface area contributed by atoms with Crippen LogP contribution in [0.3, 0.4) is 0 Å². The third kappa shape index (κ3) is 2.71. The van der Waals surface area contributed by atoms with E-state index in [4.69, 9.17) is 0 Å². The van der Waals surface area contributed by atoms with Crippen LogP contribution in [0.4, 0.5) is 13.2 Å². The summed E-state index contributed by atoms with van der Waals surface area (Å²) >= 11 is 0. The maximum Gasteiger partial charge on any atom is 0.435 e. The first-order chi connectivity index (χ1) is 8.95. The molecular weight excluding hydrogens is 263 g/mol. The van der Waals surface area contributed by atoms with Gasteiger partial charge in [0.15, 0.2) is 5.69 Å². The number of alkyl halides is 3. The van der Waals surface area contributed by atoms with Gasteiger partial charge in [0.05, 0.1) is 12.6 Å². The molecule has 0 N–H and O–H groups in total. The Hall–Kier alpha value is -1.60. The van der Waals surface area contributed by atoms with Crippen molar-refractivity contribution in [3.8, 4) is 0 Å². The molecule has 8 heteroatoms. The quantitative estimate of drug-likeness (QED) is 0.797. The Kier molecular flexibility index (Phi) is 3.77. The van der Waals surface area contributed by atoms with Crippen molar-refractivity contribution >= 4 is 5.97 Å². The molecule has 0 unspecified atom stereocenters. The van der Waals surface area contributed by atoms with Crippen molar-refractivity contribution in [1.29, 1.82) is 0 Å². The highest BCUT2D eigenvalue weighted by Gasteiger charge is 2.43. The summed E-state index contributed by atoms with van der Waals surface area (Å²) in [5, 5.41) is 6.88. The van der Waals surface area contributed by atoms with E-state index < -0.39 is 23.5 Å². The van der Waals surface area contributed by atoms with Gasteiger partial charge in [0, 0.05) is 0 Å². The zero-order chi connectivity index (χ0) is 14.0. The van der Waals surface area contributed by atoms with Gasteiger partial charge >= 0.3 is 12.1 Å². The normalized spacial score (nSPS) is 16.8. The highest BCUT2D eigenvalue weighted by atomic mass is 19.4. The van der Waals surface area contributed by atoms with E-state index >= 15 is 0 Å². The van der Waals surface area contributed by atoms with Gasteiger partial charge in [0.25, 0.3) is 0 Å². The van der Waals surface area contributed by atoms with Crippen LogP contribution in [0.2, 0.25) is 0 Å². The molecule has 1 fully saturated rings. The summed E-state index contributed by atoms with van der Waals surface area (Å²) in [6.45, 7) is 1.51. The van der Waals surface area contributed by atoms with Gasteiger partial charge in [-0.3, -0.25) is 0 Å². The van der Waals surface area contributed by atoms with Gasteiger partial charge in [-0.15, -0.1) is 5.10 Å². The highest BCUT2D eigenvalue weighted by Crippen LogP contribution is 2.37. The molecule has 1 aliphatic rings. The molecule has 5 nitrogen and oxygen atoms in total. The molecule has 19 heavy (non-hydrogen) atoms. The maximum atomic E-state index is 13.1. The molecule has 0 amide bonds. The predicted molar refractivity (Wildman–Crippen MR) is 58.5 cm³/mol. The van der Waals surface area contributed by atoms with Crippen molar-refractivity contribution in [2.45, 2.75) is 44.8 Å². The highest BCUT2D eigenvalue weighted by molar-refractivity contribution is 5.88. The molecule has 0 aliphatic heterocycles. The summed E-state index contributed by atoms with van der Waals surface area (Å²) in [6.07, 6.45) is -1.72. The van der Waals surface area contributed by atoms with E-state index in [9.17, 15) is 18.0 Å². The number of rotatable bonds is 3. The summed E-state index contributed by atoms with van der Waals surface area (Å²) < 4.78 is 44.7. The number of carbonyl (C=O) groups excluding carboxylic acids is 1. The van der Waals surface area contributed by atoms with Gasteiger partial charge in [-0.25, -0.2) is 9.48 Å². The average Bonchev–Trinajstić information content (AvgIpc) is 2.97. The molecule has 2 rings (SSSR count). The van der Waals surface area contributed by atoms with E-state index in [0.717, 1.165) is 17.5 Å². The minimum atomic E-state index is -4.67. The molecule has 1 saturated carbocycles. The van der Waals surface area contributed by atoms with Crippen molar-refractivity contribution < 1.29 is 22.7 Å². The van der Waals surface area contributed by atoms with Crippen LogP contribution in [0.1, 0.15) is 54.8 Å². The van der Waals surface area contributed by atoms with E-state index in [1.54, 1.807) is 0 Å². The largest absolute Gasteiger partial charge is 0.461 e. The number of nitrogens with zero attached hydrogens (tertiary/aromatic N) is 3. The van der Waals surface area contributed by atoms with E-state index in [-0.39, 0.29) is 12.6 Å². The lowest BCUT2D eigenvalue weighted by Gasteiger charge is -2.15. The van der Waals surface area contributed by atoms with Crippen molar-refractivity contribution in [3.05, 3.63) is 11.4 Å². The second-order valence-electron chi connectivity index (χ2n) is 4.39. The van der Waals surface area contributed by atoms with Crippen molar-refractivity contribution in [3.63, 3.8) is 0 Å². The SMILES string of the molecule is CCOC(=O)c1nnn(C2CCCC2)c1C(F)(F)F. The summed E-state index contributed by atoms with van der Waals surface area (Å²) in [4.78, 5) is 11.5. The van der Waals surface area contributed by atoms with Crippen molar-refractivity contribution in [2.24, 2.45) is 0 Å². The topological polar surface area (TPSA) is 57.0 Å². The summed E-state index contributed by atoms with van der Waals surface area (Å²) in [7, 11) is 0. The standard InChI is InChI=1S/C11H14F3N3O2/c1-2-19-10(18)8-9(11(12,13)14)17(16-15-8)7-5-3-4-6-7/h7H,2-6H2,1H3. The molecular formula is C11H14F3N3O2. The lowest BCUT2D eigenvalue weighted by atomic mass is 10.2. The minimum absolute atomic E-state index is 0.00752. The number of aromatic nitrogens is 3. The number of carbonyl (C=O) groups is 1. The molecule has 1 aromatic rings. The molecule has 0 bridgehead atoms. The van der Waals surface area contributed by atoms with Crippen LogP contribution in [-0.2, 0) is 10.9 Å². The third-order valence-electron chi connectivity index (χ3n) is 3.10. The molecule has 1 aromatic heterocycles. The molecule has 0 radical (unpaired) electrons. The van der Waals surface area contributed by atoms with Gasteiger partial charge in [-0.2, -0.15) is 13.2 Å². The fraction of sp³-hybridized carbons (Fsp3) is 0.727. The lowest BCUT2D eigenvalue weighted by molar-refractivity contribution is -0.145. The molecule has 0 spiro atoms. The van der Waals surface area contributed by atoms with E-state index in [1.165, 1.54) is 6.92 Å². The van der Waals surface area contributed by atoms with Crippen LogP contribution in [0, 0.1) is 0 Å². The first-order valence-electron chi connectivity index (χ1n) is 6.14. The fourth-order valence-corrected chi connectivity index (χ4v) is 2.30. The van der Waals surface area contributed by atoms with Gasteiger partial charge in [-0.05, 0) is 19.8 Å². The average molecular weight is 277 g/mol. The number of halogens is 3. The van der Waals surface area contributed by atoms with Gasteiger partial charge in [-0.1, -0.05) is 18.1 Å². The third-order valence-corrected chi connectivity index (χ3v) is 3.10. The Balaban J connectivity index is 2.42. The molecule has 0 saturated heterocycles. The zero-order valence-corrected chi connectivity index (χ0v) is 10.4. The van der Waals surface area contributed by atoms with E-state index in [0.29, 0.717) is 12.8 Å². The second-order valence-corrected chi connectivity index (χ2v) is 4.39. The molecule has 106 valence electrons. The van der Waals surface area contributed by atoms with Gasteiger partial charge < -0.3 is 4.74 Å². The molecule has 1 aliphatic carbocycles. The van der Waals surface area contributed by atoms with Crippen LogP contribution in [0.15, 0.2) is 0 Å². The smallest absolute Gasteiger partial charge is 0.435 e. The number of esters is 1. The van der Waals surface area contributed by atoms with E-state index in [2.05, 4.69) is 15.0 Å². The summed E-state index contributed by atoms with van der Waals surface area (Å²) in [5.74, 6) is -1.08. The zero-order valence-electron chi connectivity index (χ0n) is 10.4. The maximum absolute atomic E-state index is 13.1. The Bertz CT molecular complexity index is 464. The number of ether oxygens (including phenoxy) is 1. The molecule has 0 aromatic carbocycles. The van der Waals surface area contributed by atoms with Crippen LogP contribution in [-0.4, -0.2) is 27.6 Å². The Morgan fingerprint density at radius 2 is 2.05 bits per heavy atom. The first kappa shape index (κ1) is 13.8. The van der Waals surface area contributed by atoms with Crippen LogP contribution >= 0.6 is 0 Å². The summed E-state index contributed by atoms with van der Waals surface area (Å²) in [6, 6.07) is -0.340. The lowest BCUT2D eigenvalue weighted by Crippen LogP contribution is -2.21. The van der Waals surface area contributed by atoms with Crippen LogP contribution in [0.25, 0.3) is 0 Å². The summed E-state index contributed by atoms with van der Waals surface area (Å²) in [5.41, 5.74) is -1.85. The second kappa shape index (κ2) is 5.18. The number of hydrogen-bond acceptors (Lipinski definition) is 4. The van der Waals surface area contributed by atoms with Crippen LogP contribution < -0.4 is 0 Å². The minimum Gasteiger partial charge on any atom is -0.461 e. The van der Waals surface area contributed by atoms with Crippen LogP contribution in [0.5, 0.6) is 0 Å². The molecule has 0 atom stereocenters. The Morgan fingerprint density at radius 3 is 2.58 bits per heavy atom. The molecule has 1 heterocycles. The monoisotopic (exact) mass is 277 g/mol. The van der Waals surface area contributed by atoms with Crippen molar-refractivity contribution in [1.82, 2.24) is 15.0 Å². The number of hydrogen-bond donors (Lipinski definition) is 0.